The normalized spacial score (nSPS) is 10.5. The lowest BCUT2D eigenvalue weighted by molar-refractivity contribution is -0.117. The first-order valence-corrected chi connectivity index (χ1v) is 8.17. The van der Waals surface area contributed by atoms with Gasteiger partial charge in [0.2, 0.25) is 5.91 Å². The van der Waals surface area contributed by atoms with Crippen molar-refractivity contribution in [3.63, 3.8) is 0 Å². The molecule has 0 radical (unpaired) electrons. The maximum atomic E-state index is 12.2. The van der Waals surface area contributed by atoms with Gasteiger partial charge in [-0.15, -0.1) is 0 Å². The number of hydrogen-bond donors (Lipinski definition) is 2. The Balaban J connectivity index is 2.05. The van der Waals surface area contributed by atoms with E-state index in [1.807, 2.05) is 6.92 Å². The van der Waals surface area contributed by atoms with Crippen molar-refractivity contribution in [3.05, 3.63) is 34.6 Å². The van der Waals surface area contributed by atoms with Crippen LogP contribution in [0.1, 0.15) is 13.3 Å². The number of thioether (sulfide) groups is 1. The van der Waals surface area contributed by atoms with Crippen molar-refractivity contribution >= 4 is 34.6 Å². The van der Waals surface area contributed by atoms with Gasteiger partial charge < -0.3 is 5.32 Å². The molecule has 1 aromatic heterocycles. The van der Waals surface area contributed by atoms with Crippen LogP contribution in [0, 0.1) is 0 Å². The number of carbonyl (C=O) groups excluding carboxylic acids is 2. The number of para-hydroxylation sites is 1. The highest BCUT2D eigenvalue weighted by molar-refractivity contribution is 7.99. The Labute approximate surface area is 137 Å². The predicted octanol–water partition coefficient (Wildman–Crippen LogP) is 1.26. The zero-order valence-corrected chi connectivity index (χ0v) is 13.8. The highest BCUT2D eigenvalue weighted by Gasteiger charge is 2.12. The first-order chi connectivity index (χ1) is 11.0. The molecule has 3 amide bonds. The summed E-state index contributed by atoms with van der Waals surface area (Å²) in [7, 11) is 1.61. The number of amides is 3. The second-order valence-electron chi connectivity index (χ2n) is 4.87. The monoisotopic (exact) mass is 334 g/mol. The van der Waals surface area contributed by atoms with Gasteiger partial charge in [0.05, 0.1) is 16.7 Å². The van der Waals surface area contributed by atoms with Crippen molar-refractivity contribution in [1.82, 2.24) is 20.2 Å². The van der Waals surface area contributed by atoms with Crippen LogP contribution in [-0.4, -0.2) is 33.8 Å². The predicted molar refractivity (Wildman–Crippen MR) is 89.5 cm³/mol. The van der Waals surface area contributed by atoms with Crippen LogP contribution >= 0.6 is 11.8 Å². The van der Waals surface area contributed by atoms with Crippen LogP contribution < -0.4 is 16.2 Å². The molecule has 0 saturated carbocycles. The van der Waals surface area contributed by atoms with Gasteiger partial charge in [0.25, 0.3) is 5.56 Å². The van der Waals surface area contributed by atoms with E-state index in [0.717, 1.165) is 18.2 Å². The summed E-state index contributed by atoms with van der Waals surface area (Å²) in [4.78, 5) is 39.8. The lowest BCUT2D eigenvalue weighted by Gasteiger charge is -2.09. The number of benzene rings is 1. The third kappa shape index (κ3) is 4.32. The molecule has 0 fully saturated rings. The molecular formula is C15H18N4O3S. The van der Waals surface area contributed by atoms with Gasteiger partial charge in [-0.25, -0.2) is 9.78 Å². The van der Waals surface area contributed by atoms with Gasteiger partial charge in [0, 0.05) is 13.6 Å². The number of hydrogen-bond acceptors (Lipinski definition) is 5. The average Bonchev–Trinajstić information content (AvgIpc) is 2.55. The van der Waals surface area contributed by atoms with Crippen molar-refractivity contribution in [2.45, 2.75) is 18.5 Å². The summed E-state index contributed by atoms with van der Waals surface area (Å²) in [5, 5.41) is 5.75. The van der Waals surface area contributed by atoms with E-state index in [-0.39, 0.29) is 11.3 Å². The van der Waals surface area contributed by atoms with Crippen LogP contribution in [0.4, 0.5) is 4.79 Å². The molecule has 1 aromatic carbocycles. The average molecular weight is 334 g/mol. The molecule has 7 nitrogen and oxygen atoms in total. The van der Waals surface area contributed by atoms with Crippen LogP contribution in [0.15, 0.2) is 34.2 Å². The summed E-state index contributed by atoms with van der Waals surface area (Å²) in [6.45, 7) is 2.43. The number of nitrogens with one attached hydrogen (secondary N) is 2. The van der Waals surface area contributed by atoms with Crippen LogP contribution in [0.2, 0.25) is 0 Å². The van der Waals surface area contributed by atoms with Gasteiger partial charge in [-0.2, -0.15) is 0 Å². The Morgan fingerprint density at radius 3 is 2.78 bits per heavy atom. The van der Waals surface area contributed by atoms with E-state index in [0.29, 0.717) is 22.6 Å². The standard InChI is InChI=1S/C15H18N4O3S/c1-3-8-16-14(22)18-12(20)9-23-15-17-11-7-5-4-6-10(11)13(21)19(15)2/h4-7H,3,8-9H2,1-2H3,(H2,16,18,20,22). The highest BCUT2D eigenvalue weighted by Crippen LogP contribution is 2.16. The molecule has 0 unspecified atom stereocenters. The molecule has 0 bridgehead atoms. The molecule has 0 aliphatic rings. The second kappa shape index (κ2) is 7.77. The number of carbonyl (C=O) groups is 2. The minimum Gasteiger partial charge on any atom is -0.338 e. The number of urea groups is 1. The summed E-state index contributed by atoms with van der Waals surface area (Å²) in [6.07, 6.45) is 0.791. The fraction of sp³-hybridized carbons (Fsp3) is 0.333. The molecule has 0 aliphatic carbocycles. The van der Waals surface area contributed by atoms with Crippen LogP contribution in [-0.2, 0) is 11.8 Å². The van der Waals surface area contributed by atoms with Gasteiger partial charge in [0.1, 0.15) is 0 Å². The molecule has 23 heavy (non-hydrogen) atoms. The Morgan fingerprint density at radius 2 is 2.04 bits per heavy atom. The minimum absolute atomic E-state index is 0.00182. The molecule has 2 aromatic rings. The molecule has 0 atom stereocenters. The largest absolute Gasteiger partial charge is 0.338 e. The fourth-order valence-electron chi connectivity index (χ4n) is 1.90. The van der Waals surface area contributed by atoms with Crippen LogP contribution in [0.5, 0.6) is 0 Å². The van der Waals surface area contributed by atoms with E-state index in [1.54, 1.807) is 31.3 Å². The summed E-state index contributed by atoms with van der Waals surface area (Å²) in [5.41, 5.74) is 0.415. The highest BCUT2D eigenvalue weighted by atomic mass is 32.2. The topological polar surface area (TPSA) is 93.1 Å². The van der Waals surface area contributed by atoms with Crippen molar-refractivity contribution in [2.24, 2.45) is 7.05 Å². The lowest BCUT2D eigenvalue weighted by atomic mass is 10.2. The number of aromatic nitrogens is 2. The van der Waals surface area contributed by atoms with Gasteiger partial charge in [0.15, 0.2) is 5.16 Å². The van der Waals surface area contributed by atoms with E-state index < -0.39 is 11.9 Å². The van der Waals surface area contributed by atoms with Crippen LogP contribution in [0.25, 0.3) is 10.9 Å². The molecule has 8 heteroatoms. The lowest BCUT2D eigenvalue weighted by Crippen LogP contribution is -2.40. The van der Waals surface area contributed by atoms with Gasteiger partial charge >= 0.3 is 6.03 Å². The van der Waals surface area contributed by atoms with Crippen molar-refractivity contribution < 1.29 is 9.59 Å². The van der Waals surface area contributed by atoms with Crippen molar-refractivity contribution in [2.75, 3.05) is 12.3 Å². The Morgan fingerprint density at radius 1 is 1.30 bits per heavy atom. The molecule has 122 valence electrons. The van der Waals surface area contributed by atoms with Crippen molar-refractivity contribution in [1.29, 1.82) is 0 Å². The number of imide groups is 1. The minimum atomic E-state index is -0.516. The van der Waals surface area contributed by atoms with Crippen LogP contribution in [0.3, 0.4) is 0 Å². The van der Waals surface area contributed by atoms with E-state index in [1.165, 1.54) is 4.57 Å². The number of fused-ring (bicyclic) bond motifs is 1. The summed E-state index contributed by atoms with van der Waals surface area (Å²) >= 11 is 1.11. The molecule has 0 spiro atoms. The summed E-state index contributed by atoms with van der Waals surface area (Å²) in [5.74, 6) is -0.441. The van der Waals surface area contributed by atoms with Gasteiger partial charge in [-0.05, 0) is 18.6 Å². The van der Waals surface area contributed by atoms with Gasteiger partial charge in [-0.3, -0.25) is 19.5 Å². The van der Waals surface area contributed by atoms with Crippen molar-refractivity contribution in [3.8, 4) is 0 Å². The third-order valence-corrected chi connectivity index (χ3v) is 4.09. The Kier molecular flexibility index (Phi) is 5.75. The molecule has 2 rings (SSSR count). The molecular weight excluding hydrogens is 316 g/mol. The molecule has 2 N–H and O–H groups in total. The number of rotatable bonds is 5. The fourth-order valence-corrected chi connectivity index (χ4v) is 2.67. The smallest absolute Gasteiger partial charge is 0.321 e. The quantitative estimate of drug-likeness (QED) is 0.634. The zero-order chi connectivity index (χ0) is 16.8. The van der Waals surface area contributed by atoms with Gasteiger partial charge in [-0.1, -0.05) is 30.8 Å². The Hall–Kier alpha value is -2.35. The zero-order valence-electron chi connectivity index (χ0n) is 13.0. The van der Waals surface area contributed by atoms with E-state index >= 15 is 0 Å². The summed E-state index contributed by atoms with van der Waals surface area (Å²) < 4.78 is 1.40. The second-order valence-corrected chi connectivity index (χ2v) is 5.81. The maximum absolute atomic E-state index is 12.2. The van der Waals surface area contributed by atoms with E-state index in [4.69, 9.17) is 0 Å². The Bertz CT molecular complexity index is 788. The first kappa shape index (κ1) is 17.0. The maximum Gasteiger partial charge on any atom is 0.321 e. The first-order valence-electron chi connectivity index (χ1n) is 7.19. The molecule has 0 aliphatic heterocycles. The third-order valence-electron chi connectivity index (χ3n) is 3.06. The SMILES string of the molecule is CCCNC(=O)NC(=O)CSc1nc2ccccc2c(=O)n1C. The molecule has 1 heterocycles. The molecule has 0 saturated heterocycles. The summed E-state index contributed by atoms with van der Waals surface area (Å²) in [6, 6.07) is 6.52. The number of nitrogens with zero attached hydrogens (tertiary/aromatic N) is 2. The van der Waals surface area contributed by atoms with E-state index in [2.05, 4.69) is 15.6 Å². The van der Waals surface area contributed by atoms with E-state index in [9.17, 15) is 14.4 Å².